The lowest BCUT2D eigenvalue weighted by Crippen LogP contribution is -2.63. The number of imide groups is 1. The van der Waals surface area contributed by atoms with Gasteiger partial charge in [-0.2, -0.15) is 0 Å². The van der Waals surface area contributed by atoms with Crippen LogP contribution in [0, 0.1) is 22.7 Å². The molecule has 250 valence electrons. The summed E-state index contributed by atoms with van der Waals surface area (Å²) in [5, 5.41) is 8.27. The number of nitrogens with two attached hydrogens (primary N) is 1. The lowest BCUT2D eigenvalue weighted by molar-refractivity contribution is -0.159. The van der Waals surface area contributed by atoms with Gasteiger partial charge in [0.25, 0.3) is 17.7 Å². The van der Waals surface area contributed by atoms with Gasteiger partial charge in [-0.1, -0.05) is 60.5 Å². The molecule has 2 aliphatic heterocycles. The van der Waals surface area contributed by atoms with Gasteiger partial charge in [0, 0.05) is 19.0 Å². The van der Waals surface area contributed by atoms with Crippen LogP contribution in [-0.2, 0) is 33.5 Å². The third kappa shape index (κ3) is 9.12. The zero-order chi connectivity index (χ0) is 33.9. The summed E-state index contributed by atoms with van der Waals surface area (Å²) in [5.74, 6) is -4.36. The van der Waals surface area contributed by atoms with Gasteiger partial charge in [-0.3, -0.25) is 33.7 Å². The van der Waals surface area contributed by atoms with E-state index in [1.54, 1.807) is 26.8 Å². The molecule has 0 radical (unpaired) electrons. The average Bonchev–Trinajstić information content (AvgIpc) is 3.64. The molecule has 3 fully saturated rings. The van der Waals surface area contributed by atoms with E-state index in [1.807, 2.05) is 20.8 Å². The molecule has 0 aromatic rings. The van der Waals surface area contributed by atoms with Crippen molar-refractivity contribution in [3.63, 3.8) is 0 Å². The van der Waals surface area contributed by atoms with E-state index in [1.165, 1.54) is 4.90 Å². The zero-order valence-electron chi connectivity index (χ0n) is 27.1. The number of likely N-dealkylation sites (tertiary alicyclic amines) is 1. The Kier molecular flexibility index (Phi) is 11.2. The second-order valence-corrected chi connectivity index (χ2v) is 14.4. The van der Waals surface area contributed by atoms with Gasteiger partial charge < -0.3 is 31.3 Å². The lowest BCUT2D eigenvalue weighted by Gasteiger charge is -2.38. The van der Waals surface area contributed by atoms with Gasteiger partial charge in [0.2, 0.25) is 17.6 Å². The first-order chi connectivity index (χ1) is 20.8. The largest absolute Gasteiger partial charge is 0.363 e. The van der Waals surface area contributed by atoms with Crippen molar-refractivity contribution in [2.24, 2.45) is 28.4 Å². The number of Topliss-reactive ketones (excluding diaryl/α,β-unsaturated/α-hetero) is 1. The van der Waals surface area contributed by atoms with Gasteiger partial charge in [-0.15, -0.1) is 6.58 Å². The maximum Gasteiger partial charge on any atom is 0.315 e. The zero-order valence-corrected chi connectivity index (χ0v) is 27.1. The van der Waals surface area contributed by atoms with Gasteiger partial charge in [-0.25, -0.2) is 4.79 Å². The van der Waals surface area contributed by atoms with Gasteiger partial charge in [0.1, 0.15) is 25.3 Å². The molecule has 1 saturated carbocycles. The molecule has 1 aliphatic carbocycles. The first kappa shape index (κ1) is 35.7. The summed E-state index contributed by atoms with van der Waals surface area (Å²) in [7, 11) is 0. The molecule has 2 heterocycles. The van der Waals surface area contributed by atoms with Crippen LogP contribution in [0.15, 0.2) is 12.7 Å². The van der Waals surface area contributed by atoms with E-state index in [-0.39, 0.29) is 38.6 Å². The molecule has 2 saturated heterocycles. The summed E-state index contributed by atoms with van der Waals surface area (Å²) < 4.78 is 4.99. The Hall–Kier alpha value is -3.81. The molecule has 14 nitrogen and oxygen atoms in total. The monoisotopic (exact) mass is 632 g/mol. The molecular formula is C31H48N6O8. The Bertz CT molecular complexity index is 1200. The highest BCUT2D eigenvalue weighted by Crippen LogP contribution is 2.34. The fourth-order valence-corrected chi connectivity index (χ4v) is 5.58. The standard InChI is InChI=1S/C31H48N6O8/c1-8-18-11-12-36(23(18)27(42)33-19(13-17-9-10-17)24(40)26(32)41)28(43)25(31(5,6)7)35-29(44)34-20(30(2,3)4)14-37-21(38)15-45-16-22(37)39/h8,17-20,23,25H,1,9-16H2,2-7H3,(H2,32,41)(H,33,42)(H2,34,35,44)/t18-,19?,20+,23-,25+/m0/s1. The van der Waals surface area contributed by atoms with Crippen molar-refractivity contribution in [3.05, 3.63) is 12.7 Å². The highest BCUT2D eigenvalue weighted by molar-refractivity contribution is 6.37. The molecule has 0 aromatic carbocycles. The van der Waals surface area contributed by atoms with Crippen molar-refractivity contribution in [3.8, 4) is 0 Å². The molecule has 0 aromatic heterocycles. The summed E-state index contributed by atoms with van der Waals surface area (Å²) >= 11 is 0. The van der Waals surface area contributed by atoms with Crippen molar-refractivity contribution in [1.82, 2.24) is 25.8 Å². The van der Waals surface area contributed by atoms with E-state index in [9.17, 15) is 33.6 Å². The molecule has 5 N–H and O–H groups in total. The number of hydrogen-bond donors (Lipinski definition) is 4. The van der Waals surface area contributed by atoms with Crippen LogP contribution >= 0.6 is 0 Å². The highest BCUT2D eigenvalue weighted by atomic mass is 16.5. The molecular weight excluding hydrogens is 584 g/mol. The Morgan fingerprint density at radius 1 is 0.956 bits per heavy atom. The molecule has 1 unspecified atom stereocenters. The molecule has 7 amide bonds. The molecule has 45 heavy (non-hydrogen) atoms. The van der Waals surface area contributed by atoms with Crippen LogP contribution in [0.4, 0.5) is 4.79 Å². The minimum absolute atomic E-state index is 0.0759. The molecule has 5 atom stereocenters. The first-order valence-electron chi connectivity index (χ1n) is 15.4. The number of nitrogens with one attached hydrogen (secondary N) is 3. The topological polar surface area (TPSA) is 197 Å². The van der Waals surface area contributed by atoms with Crippen molar-refractivity contribution < 1.29 is 38.3 Å². The van der Waals surface area contributed by atoms with E-state index in [0.717, 1.165) is 17.7 Å². The van der Waals surface area contributed by atoms with Crippen molar-refractivity contribution in [1.29, 1.82) is 0 Å². The molecule has 0 spiro atoms. The van der Waals surface area contributed by atoms with Gasteiger partial charge in [0.15, 0.2) is 0 Å². The van der Waals surface area contributed by atoms with Crippen LogP contribution in [0.2, 0.25) is 0 Å². The predicted molar refractivity (Wildman–Crippen MR) is 163 cm³/mol. The minimum Gasteiger partial charge on any atom is -0.363 e. The number of ketones is 1. The fourth-order valence-electron chi connectivity index (χ4n) is 5.58. The summed E-state index contributed by atoms with van der Waals surface area (Å²) in [5.41, 5.74) is 3.87. The minimum atomic E-state index is -1.14. The number of rotatable bonds is 12. The maximum atomic E-state index is 14.1. The van der Waals surface area contributed by atoms with E-state index in [4.69, 9.17) is 10.5 Å². The van der Waals surface area contributed by atoms with Crippen LogP contribution in [0.1, 0.15) is 67.2 Å². The van der Waals surface area contributed by atoms with Gasteiger partial charge in [-0.05, 0) is 29.6 Å². The number of primary amides is 1. The van der Waals surface area contributed by atoms with Crippen LogP contribution in [-0.4, -0.2) is 102 Å². The summed E-state index contributed by atoms with van der Waals surface area (Å²) in [6, 6.07) is -4.55. The summed E-state index contributed by atoms with van der Waals surface area (Å²) in [4.78, 5) is 92.5. The highest BCUT2D eigenvalue weighted by Gasteiger charge is 2.47. The van der Waals surface area contributed by atoms with Gasteiger partial charge in [0.05, 0.1) is 12.1 Å². The predicted octanol–water partition coefficient (Wildman–Crippen LogP) is 0.243. The van der Waals surface area contributed by atoms with Crippen molar-refractivity contribution in [2.75, 3.05) is 26.3 Å². The van der Waals surface area contributed by atoms with Crippen LogP contribution in [0.25, 0.3) is 0 Å². The van der Waals surface area contributed by atoms with Crippen molar-refractivity contribution in [2.45, 2.75) is 91.4 Å². The number of nitrogens with zero attached hydrogens (tertiary/aromatic N) is 2. The number of amides is 7. The first-order valence-corrected chi connectivity index (χ1v) is 15.4. The molecule has 14 heteroatoms. The number of carbonyl (C=O) groups excluding carboxylic acids is 7. The normalized spacial score (nSPS) is 22.7. The third-order valence-corrected chi connectivity index (χ3v) is 8.60. The molecule has 3 rings (SSSR count). The smallest absolute Gasteiger partial charge is 0.315 e. The lowest BCUT2D eigenvalue weighted by atomic mass is 9.85. The Morgan fingerprint density at radius 3 is 2.04 bits per heavy atom. The molecule has 0 bridgehead atoms. The third-order valence-electron chi connectivity index (χ3n) is 8.60. The van der Waals surface area contributed by atoms with Crippen molar-refractivity contribution >= 4 is 41.4 Å². The van der Waals surface area contributed by atoms with Crippen LogP contribution < -0.4 is 21.7 Å². The number of urea groups is 1. The van der Waals surface area contributed by atoms with E-state index in [0.29, 0.717) is 6.42 Å². The number of morpholine rings is 1. The number of hydrogen-bond acceptors (Lipinski definition) is 8. The van der Waals surface area contributed by atoms with E-state index < -0.39 is 82.3 Å². The average molecular weight is 633 g/mol. The second-order valence-electron chi connectivity index (χ2n) is 14.4. The Labute approximate surface area is 264 Å². The van der Waals surface area contributed by atoms with Crippen LogP contribution in [0.5, 0.6) is 0 Å². The maximum absolute atomic E-state index is 14.1. The fraction of sp³-hybridized carbons (Fsp3) is 0.710. The van der Waals surface area contributed by atoms with E-state index in [2.05, 4.69) is 22.5 Å². The second kappa shape index (κ2) is 14.1. The van der Waals surface area contributed by atoms with Gasteiger partial charge >= 0.3 is 6.03 Å². The van der Waals surface area contributed by atoms with Crippen LogP contribution in [0.3, 0.4) is 0 Å². The summed E-state index contributed by atoms with van der Waals surface area (Å²) in [6.45, 7) is 14.4. The Morgan fingerprint density at radius 2 is 1.56 bits per heavy atom. The number of ether oxygens (including phenoxy) is 1. The molecule has 3 aliphatic rings. The quantitative estimate of drug-likeness (QED) is 0.133. The van der Waals surface area contributed by atoms with E-state index >= 15 is 0 Å². The SMILES string of the molecule is C=C[C@H]1CCN(C(=O)[C@@H](NC(=O)N[C@H](CN2C(=O)COCC2=O)C(C)(C)C)C(C)(C)C)[C@@H]1C(=O)NC(CC1CC1)C(=O)C(N)=O. The summed E-state index contributed by atoms with van der Waals surface area (Å²) in [6.07, 6.45) is 4.07. The Balaban J connectivity index is 1.79. The number of carbonyl (C=O) groups is 7.